The minimum atomic E-state index is -0.601. The van der Waals surface area contributed by atoms with Crippen LogP contribution in [0.25, 0.3) is 6.08 Å². The van der Waals surface area contributed by atoms with Crippen LogP contribution in [0.1, 0.15) is 10.4 Å². The molecule has 3 rings (SSSR count). The van der Waals surface area contributed by atoms with Gasteiger partial charge in [-0.05, 0) is 24.3 Å². The van der Waals surface area contributed by atoms with Crippen LogP contribution in [0, 0.1) is 5.82 Å². The van der Waals surface area contributed by atoms with Gasteiger partial charge in [0.25, 0.3) is 0 Å². The fourth-order valence-corrected chi connectivity index (χ4v) is 2.91. The predicted molar refractivity (Wildman–Crippen MR) is 90.0 cm³/mol. The molecule has 0 bridgehead atoms. The summed E-state index contributed by atoms with van der Waals surface area (Å²) in [7, 11) is 5.23. The highest BCUT2D eigenvalue weighted by Crippen LogP contribution is 2.33. The van der Waals surface area contributed by atoms with Crippen molar-refractivity contribution in [2.75, 3.05) is 26.1 Å². The van der Waals surface area contributed by atoms with Gasteiger partial charge in [-0.15, -0.1) is 0 Å². The first-order chi connectivity index (χ1) is 11.5. The van der Waals surface area contributed by atoms with Crippen LogP contribution in [0.15, 0.2) is 35.0 Å². The molecule has 124 valence electrons. The van der Waals surface area contributed by atoms with E-state index in [0.717, 1.165) is 5.13 Å². The van der Waals surface area contributed by atoms with Gasteiger partial charge in [-0.2, -0.15) is 4.98 Å². The molecule has 6 nitrogen and oxygen atoms in total. The lowest BCUT2D eigenvalue weighted by Gasteiger charge is -2.04. The molecular weight excluding hydrogens is 333 g/mol. The minimum Gasteiger partial charge on any atom is -0.480 e. The third-order valence-electron chi connectivity index (χ3n) is 3.15. The zero-order chi connectivity index (χ0) is 17.3. The molecule has 0 radical (unpaired) electrons. The first-order valence-corrected chi connectivity index (χ1v) is 7.80. The van der Waals surface area contributed by atoms with Gasteiger partial charge >= 0.3 is 5.97 Å². The van der Waals surface area contributed by atoms with Crippen molar-refractivity contribution in [1.82, 2.24) is 4.98 Å². The summed E-state index contributed by atoms with van der Waals surface area (Å²) in [4.78, 5) is 23.0. The van der Waals surface area contributed by atoms with Crippen molar-refractivity contribution in [2.24, 2.45) is 4.99 Å². The van der Waals surface area contributed by atoms with Gasteiger partial charge in [0.1, 0.15) is 5.82 Å². The maximum atomic E-state index is 13.3. The van der Waals surface area contributed by atoms with Crippen LogP contribution in [0.3, 0.4) is 0 Å². The zero-order valence-electron chi connectivity index (χ0n) is 13.2. The molecule has 2 heterocycles. The van der Waals surface area contributed by atoms with Crippen LogP contribution < -0.4 is 9.64 Å². The largest absolute Gasteiger partial charge is 0.480 e. The van der Waals surface area contributed by atoms with E-state index in [9.17, 15) is 9.18 Å². The number of carbonyl (C=O) groups excluding carboxylic acids is 1. The second kappa shape index (κ2) is 6.40. The fourth-order valence-electron chi connectivity index (χ4n) is 2.01. The van der Waals surface area contributed by atoms with Gasteiger partial charge in [0.15, 0.2) is 10.8 Å². The Hall–Kier alpha value is -2.74. The van der Waals surface area contributed by atoms with Crippen LogP contribution in [0.2, 0.25) is 0 Å². The number of esters is 1. The normalized spacial score (nSPS) is 15.4. The van der Waals surface area contributed by atoms with E-state index in [2.05, 4.69) is 9.98 Å². The van der Waals surface area contributed by atoms with E-state index in [-0.39, 0.29) is 11.6 Å². The number of nitrogens with zero attached hydrogens (tertiary/aromatic N) is 3. The Kier molecular flexibility index (Phi) is 4.30. The number of carbonyl (C=O) groups is 1. The van der Waals surface area contributed by atoms with E-state index in [1.54, 1.807) is 12.1 Å². The van der Waals surface area contributed by atoms with Gasteiger partial charge in [-0.1, -0.05) is 17.4 Å². The number of cyclic esters (lactones) is 1. The molecule has 1 aromatic heterocycles. The molecule has 0 fully saturated rings. The summed E-state index contributed by atoms with van der Waals surface area (Å²) in [6, 6.07) is 5.71. The smallest absolute Gasteiger partial charge is 0.363 e. The molecule has 0 spiro atoms. The van der Waals surface area contributed by atoms with Crippen molar-refractivity contribution in [3.8, 4) is 5.88 Å². The standard InChI is InChI=1S/C16H14FN3O3S/c1-20(2)16-19-14(22-3)12(24-16)8-11-15(21)23-13(18-11)9-5-4-6-10(17)7-9/h4-8H,1-3H3. The van der Waals surface area contributed by atoms with E-state index in [1.165, 1.54) is 36.6 Å². The van der Waals surface area contributed by atoms with Gasteiger partial charge in [-0.3, -0.25) is 0 Å². The highest BCUT2D eigenvalue weighted by molar-refractivity contribution is 7.16. The SMILES string of the molecule is COc1nc(N(C)C)sc1C=C1N=C(c2cccc(F)c2)OC1=O. The monoisotopic (exact) mass is 347 g/mol. The molecule has 0 saturated heterocycles. The molecular formula is C16H14FN3O3S. The van der Waals surface area contributed by atoms with E-state index < -0.39 is 11.8 Å². The Morgan fingerprint density at radius 1 is 1.38 bits per heavy atom. The summed E-state index contributed by atoms with van der Waals surface area (Å²) in [5.74, 6) is -0.556. The number of benzene rings is 1. The summed E-state index contributed by atoms with van der Waals surface area (Å²) in [5, 5.41) is 0.736. The molecule has 24 heavy (non-hydrogen) atoms. The molecule has 0 amide bonds. The van der Waals surface area contributed by atoms with Gasteiger partial charge in [-0.25, -0.2) is 14.2 Å². The third kappa shape index (κ3) is 3.13. The van der Waals surface area contributed by atoms with Crippen molar-refractivity contribution in [1.29, 1.82) is 0 Å². The number of rotatable bonds is 4. The number of thiazole rings is 1. The highest BCUT2D eigenvalue weighted by Gasteiger charge is 2.25. The number of hydrogen-bond donors (Lipinski definition) is 0. The molecule has 1 aromatic carbocycles. The first-order valence-electron chi connectivity index (χ1n) is 6.98. The molecule has 0 aliphatic carbocycles. The first kappa shape index (κ1) is 16.1. The van der Waals surface area contributed by atoms with Crippen LogP contribution in [0.5, 0.6) is 5.88 Å². The topological polar surface area (TPSA) is 64.0 Å². The Labute approximate surface area is 141 Å². The van der Waals surface area contributed by atoms with E-state index in [0.29, 0.717) is 16.3 Å². The number of ether oxygens (including phenoxy) is 2. The second-order valence-electron chi connectivity index (χ2n) is 5.11. The quantitative estimate of drug-likeness (QED) is 0.628. The number of anilines is 1. The van der Waals surface area contributed by atoms with Crippen molar-refractivity contribution >= 4 is 34.4 Å². The predicted octanol–water partition coefficient (Wildman–Crippen LogP) is 2.70. The minimum absolute atomic E-state index is 0.0714. The van der Waals surface area contributed by atoms with E-state index >= 15 is 0 Å². The third-order valence-corrected chi connectivity index (χ3v) is 4.30. The van der Waals surface area contributed by atoms with Crippen LogP contribution in [-0.4, -0.2) is 38.1 Å². The van der Waals surface area contributed by atoms with Crippen molar-refractivity contribution in [3.63, 3.8) is 0 Å². The Bertz CT molecular complexity index is 858. The van der Waals surface area contributed by atoms with E-state index in [4.69, 9.17) is 9.47 Å². The molecule has 8 heteroatoms. The lowest BCUT2D eigenvalue weighted by atomic mass is 10.2. The summed E-state index contributed by atoms with van der Waals surface area (Å²) < 4.78 is 23.7. The average Bonchev–Trinajstić information content (AvgIpc) is 3.12. The number of aromatic nitrogens is 1. The fraction of sp³-hybridized carbons (Fsp3) is 0.188. The highest BCUT2D eigenvalue weighted by atomic mass is 32.1. The lowest BCUT2D eigenvalue weighted by Crippen LogP contribution is -2.07. The second-order valence-corrected chi connectivity index (χ2v) is 6.12. The number of methoxy groups -OCH3 is 1. The van der Waals surface area contributed by atoms with E-state index in [1.807, 2.05) is 19.0 Å². The molecule has 0 unspecified atom stereocenters. The Balaban J connectivity index is 1.97. The Morgan fingerprint density at radius 2 is 2.17 bits per heavy atom. The maximum Gasteiger partial charge on any atom is 0.363 e. The molecule has 0 atom stereocenters. The number of hydrogen-bond acceptors (Lipinski definition) is 7. The van der Waals surface area contributed by atoms with Gasteiger partial charge in [0, 0.05) is 19.7 Å². The van der Waals surface area contributed by atoms with Crippen LogP contribution >= 0.6 is 11.3 Å². The van der Waals surface area contributed by atoms with Gasteiger partial charge < -0.3 is 14.4 Å². The maximum absolute atomic E-state index is 13.3. The van der Waals surface area contributed by atoms with Crippen LogP contribution in [-0.2, 0) is 9.53 Å². The molecule has 1 aliphatic heterocycles. The molecule has 0 N–H and O–H groups in total. The van der Waals surface area contributed by atoms with Crippen molar-refractivity contribution in [2.45, 2.75) is 0 Å². The van der Waals surface area contributed by atoms with Gasteiger partial charge in [0.05, 0.1) is 12.0 Å². The van der Waals surface area contributed by atoms with Crippen molar-refractivity contribution < 1.29 is 18.7 Å². The van der Waals surface area contributed by atoms with Crippen LogP contribution in [0.4, 0.5) is 9.52 Å². The molecule has 0 saturated carbocycles. The number of aliphatic imine (C=N–C) groups is 1. The lowest BCUT2D eigenvalue weighted by molar-refractivity contribution is -0.129. The number of halogens is 1. The molecule has 1 aliphatic rings. The average molecular weight is 347 g/mol. The van der Waals surface area contributed by atoms with Gasteiger partial charge in [0.2, 0.25) is 11.8 Å². The van der Waals surface area contributed by atoms with Crippen molar-refractivity contribution in [3.05, 3.63) is 46.2 Å². The Morgan fingerprint density at radius 3 is 2.83 bits per heavy atom. The summed E-state index contributed by atoms with van der Waals surface area (Å²) in [6.45, 7) is 0. The molecule has 2 aromatic rings. The zero-order valence-corrected chi connectivity index (χ0v) is 14.1. The summed E-state index contributed by atoms with van der Waals surface area (Å²) in [6.07, 6.45) is 1.55. The summed E-state index contributed by atoms with van der Waals surface area (Å²) in [5.41, 5.74) is 0.513. The summed E-state index contributed by atoms with van der Waals surface area (Å²) >= 11 is 1.36.